The Kier molecular flexibility index (Phi) is 2.47. The third-order valence-electron chi connectivity index (χ3n) is 5.47. The van der Waals surface area contributed by atoms with Crippen LogP contribution in [-0.4, -0.2) is 13.1 Å². The number of hydrogen-bond acceptors (Lipinski definition) is 2. The van der Waals surface area contributed by atoms with Crippen molar-refractivity contribution >= 4 is 0 Å². The van der Waals surface area contributed by atoms with E-state index in [2.05, 4.69) is 11.4 Å². The summed E-state index contributed by atoms with van der Waals surface area (Å²) in [5.74, 6) is 2.96. The van der Waals surface area contributed by atoms with Crippen LogP contribution in [0.1, 0.15) is 44.9 Å². The largest absolute Gasteiger partial charge is 0.315 e. The minimum atomic E-state index is 0.450. The molecular formula is C14H22N2. The predicted octanol–water partition coefficient (Wildman–Crippen LogP) is 2.70. The maximum absolute atomic E-state index is 8.98. The third kappa shape index (κ3) is 1.49. The van der Waals surface area contributed by atoms with Gasteiger partial charge in [-0.15, -0.1) is 0 Å². The smallest absolute Gasteiger partial charge is 0.0638 e. The molecule has 4 aliphatic carbocycles. The van der Waals surface area contributed by atoms with Crippen LogP contribution in [0.25, 0.3) is 0 Å². The molecule has 0 radical (unpaired) electrons. The van der Waals surface area contributed by atoms with Gasteiger partial charge in [-0.05, 0) is 68.7 Å². The summed E-state index contributed by atoms with van der Waals surface area (Å²) in [6.07, 6.45) is 9.35. The van der Waals surface area contributed by atoms with Crippen LogP contribution in [0.2, 0.25) is 0 Å². The van der Waals surface area contributed by atoms with E-state index in [-0.39, 0.29) is 0 Å². The Balaban J connectivity index is 1.84. The van der Waals surface area contributed by atoms with Gasteiger partial charge >= 0.3 is 0 Å². The van der Waals surface area contributed by atoms with E-state index in [9.17, 15) is 0 Å². The van der Waals surface area contributed by atoms with Crippen molar-refractivity contribution in [3.63, 3.8) is 0 Å². The average Bonchev–Trinajstić information content (AvgIpc) is 2.23. The lowest BCUT2D eigenvalue weighted by atomic mass is 9.47. The normalized spacial score (nSPS) is 46.6. The summed E-state index contributed by atoms with van der Waals surface area (Å²) in [7, 11) is 2.04. The quantitative estimate of drug-likeness (QED) is 0.790. The molecule has 1 unspecified atom stereocenters. The molecule has 0 heterocycles. The van der Waals surface area contributed by atoms with Gasteiger partial charge in [0.2, 0.25) is 0 Å². The minimum absolute atomic E-state index is 0.450. The van der Waals surface area contributed by atoms with Crippen LogP contribution in [0.3, 0.4) is 0 Å². The van der Waals surface area contributed by atoms with E-state index in [0.717, 1.165) is 17.8 Å². The highest BCUT2D eigenvalue weighted by Gasteiger charge is 2.53. The lowest BCUT2D eigenvalue weighted by Gasteiger charge is -2.59. The molecule has 4 rings (SSSR count). The van der Waals surface area contributed by atoms with Crippen LogP contribution in [-0.2, 0) is 0 Å². The van der Waals surface area contributed by atoms with Crippen LogP contribution in [0.4, 0.5) is 0 Å². The van der Waals surface area contributed by atoms with Gasteiger partial charge in [-0.1, -0.05) is 0 Å². The third-order valence-corrected chi connectivity index (χ3v) is 5.47. The van der Waals surface area contributed by atoms with Gasteiger partial charge in [-0.3, -0.25) is 0 Å². The summed E-state index contributed by atoms with van der Waals surface area (Å²) < 4.78 is 0. The van der Waals surface area contributed by atoms with Crippen molar-refractivity contribution in [1.82, 2.24) is 5.32 Å². The van der Waals surface area contributed by atoms with Crippen molar-refractivity contribution in [2.24, 2.45) is 23.2 Å². The average molecular weight is 218 g/mol. The molecular weight excluding hydrogens is 196 g/mol. The highest BCUT2D eigenvalue weighted by molar-refractivity contribution is 5.07. The molecule has 0 aromatic carbocycles. The predicted molar refractivity (Wildman–Crippen MR) is 63.7 cm³/mol. The molecule has 0 amide bonds. The second-order valence-electron chi connectivity index (χ2n) is 6.48. The van der Waals surface area contributed by atoms with E-state index in [1.165, 1.54) is 38.5 Å². The summed E-state index contributed by atoms with van der Waals surface area (Å²) in [5, 5.41) is 12.4. The monoisotopic (exact) mass is 218 g/mol. The summed E-state index contributed by atoms with van der Waals surface area (Å²) >= 11 is 0. The van der Waals surface area contributed by atoms with Crippen LogP contribution in [0, 0.1) is 34.5 Å². The van der Waals surface area contributed by atoms with Gasteiger partial charge in [-0.25, -0.2) is 0 Å². The van der Waals surface area contributed by atoms with E-state index in [4.69, 9.17) is 5.26 Å². The zero-order valence-corrected chi connectivity index (χ0v) is 10.2. The maximum atomic E-state index is 8.98. The van der Waals surface area contributed by atoms with Gasteiger partial charge in [0.15, 0.2) is 0 Å². The first-order valence-electron chi connectivity index (χ1n) is 6.80. The molecule has 0 aromatic rings. The molecule has 4 fully saturated rings. The molecule has 4 saturated carbocycles. The van der Waals surface area contributed by atoms with Gasteiger partial charge < -0.3 is 5.32 Å². The summed E-state index contributed by atoms with van der Waals surface area (Å²) in [5.41, 5.74) is 0.485. The second-order valence-corrected chi connectivity index (χ2v) is 6.48. The highest BCUT2D eigenvalue weighted by atomic mass is 14.9. The Hall–Kier alpha value is -0.550. The van der Waals surface area contributed by atoms with Crippen molar-refractivity contribution in [3.8, 4) is 6.07 Å². The van der Waals surface area contributed by atoms with E-state index < -0.39 is 0 Å². The standard InChI is InChI=1S/C14H22N2/c1-16-13(2-3-15)14-7-10-4-11(8-14)6-12(5-10)9-14/h10-13,16H,2,4-9H2,1H3. The Morgan fingerprint density at radius 1 is 1.19 bits per heavy atom. The Labute approximate surface area is 98.4 Å². The summed E-state index contributed by atoms with van der Waals surface area (Å²) in [6.45, 7) is 0. The van der Waals surface area contributed by atoms with Crippen molar-refractivity contribution in [3.05, 3.63) is 0 Å². The zero-order chi connectivity index (χ0) is 11.2. The molecule has 0 spiro atoms. The summed E-state index contributed by atoms with van der Waals surface area (Å²) in [4.78, 5) is 0. The number of nitriles is 1. The van der Waals surface area contributed by atoms with Gasteiger partial charge in [-0.2, -0.15) is 5.26 Å². The molecule has 0 aliphatic heterocycles. The first kappa shape index (κ1) is 10.6. The number of nitrogens with one attached hydrogen (secondary N) is 1. The number of nitrogens with zero attached hydrogens (tertiary/aromatic N) is 1. The van der Waals surface area contributed by atoms with Crippen molar-refractivity contribution in [1.29, 1.82) is 5.26 Å². The van der Waals surface area contributed by atoms with Crippen LogP contribution in [0.5, 0.6) is 0 Å². The van der Waals surface area contributed by atoms with E-state index in [1.54, 1.807) is 0 Å². The maximum Gasteiger partial charge on any atom is 0.0638 e. The van der Waals surface area contributed by atoms with Gasteiger partial charge in [0.05, 0.1) is 12.5 Å². The topological polar surface area (TPSA) is 35.8 Å². The number of hydrogen-bond donors (Lipinski definition) is 1. The van der Waals surface area contributed by atoms with Gasteiger partial charge in [0.1, 0.15) is 0 Å². The van der Waals surface area contributed by atoms with Crippen LogP contribution < -0.4 is 5.32 Å². The van der Waals surface area contributed by atoms with E-state index >= 15 is 0 Å². The van der Waals surface area contributed by atoms with Crippen molar-refractivity contribution in [2.75, 3.05) is 7.05 Å². The number of rotatable bonds is 3. The molecule has 88 valence electrons. The SMILES string of the molecule is CNC(CC#N)C12CC3CC(CC(C3)C1)C2. The molecule has 1 N–H and O–H groups in total. The van der Waals surface area contributed by atoms with Crippen LogP contribution >= 0.6 is 0 Å². The molecule has 4 aliphatic rings. The zero-order valence-electron chi connectivity index (χ0n) is 10.2. The lowest BCUT2D eigenvalue weighted by molar-refractivity contribution is -0.0716. The molecule has 16 heavy (non-hydrogen) atoms. The molecule has 0 aromatic heterocycles. The first-order valence-corrected chi connectivity index (χ1v) is 6.80. The first-order chi connectivity index (χ1) is 7.75. The molecule has 1 atom stereocenters. The fraction of sp³-hybridized carbons (Fsp3) is 0.929. The molecule has 2 nitrogen and oxygen atoms in total. The van der Waals surface area contributed by atoms with E-state index in [1.807, 2.05) is 7.05 Å². The minimum Gasteiger partial charge on any atom is -0.315 e. The molecule has 2 heteroatoms. The van der Waals surface area contributed by atoms with Crippen molar-refractivity contribution < 1.29 is 0 Å². The lowest BCUT2D eigenvalue weighted by Crippen LogP contribution is -2.55. The van der Waals surface area contributed by atoms with Crippen LogP contribution in [0.15, 0.2) is 0 Å². The Morgan fingerprint density at radius 2 is 1.69 bits per heavy atom. The molecule has 4 bridgehead atoms. The van der Waals surface area contributed by atoms with Gasteiger partial charge in [0.25, 0.3) is 0 Å². The van der Waals surface area contributed by atoms with E-state index in [0.29, 0.717) is 17.9 Å². The fourth-order valence-corrected chi connectivity index (χ4v) is 5.32. The van der Waals surface area contributed by atoms with Crippen molar-refractivity contribution in [2.45, 2.75) is 51.0 Å². The summed E-state index contributed by atoms with van der Waals surface area (Å²) in [6, 6.07) is 2.83. The Bertz CT molecular complexity index is 280. The Morgan fingerprint density at radius 3 is 2.06 bits per heavy atom. The second kappa shape index (κ2) is 3.74. The fourth-order valence-electron chi connectivity index (χ4n) is 5.32. The van der Waals surface area contributed by atoms with Gasteiger partial charge in [0, 0.05) is 6.04 Å². The molecule has 0 saturated heterocycles. The highest BCUT2D eigenvalue weighted by Crippen LogP contribution is 2.61.